The molecule has 0 radical (unpaired) electrons. The standard InChI is InChI=1S/C11H18N8OS/c1-8(21(2)20)3-4-14-9-15-10(18-12)17-11(16-9)19-6-5-13-7-19/h5-8H,3-4,12H2,1-2H3,(H2,14,15,16,17,18). The molecule has 0 aliphatic carbocycles. The number of rotatable bonds is 7. The molecule has 114 valence electrons. The van der Waals surface area contributed by atoms with Crippen molar-refractivity contribution in [2.75, 3.05) is 23.5 Å². The van der Waals surface area contributed by atoms with Crippen LogP contribution in [0.2, 0.25) is 0 Å². The van der Waals surface area contributed by atoms with Gasteiger partial charge in [-0.1, -0.05) is 6.92 Å². The van der Waals surface area contributed by atoms with Gasteiger partial charge in [-0.2, -0.15) is 15.0 Å². The average molecular weight is 310 g/mol. The summed E-state index contributed by atoms with van der Waals surface area (Å²) in [5.74, 6) is 6.42. The Bertz CT molecular complexity index is 602. The maximum atomic E-state index is 11.3. The van der Waals surface area contributed by atoms with Gasteiger partial charge in [0.05, 0.1) is 0 Å². The molecule has 2 unspecified atom stereocenters. The quantitative estimate of drug-likeness (QED) is 0.479. The highest BCUT2D eigenvalue weighted by atomic mass is 32.2. The zero-order valence-corrected chi connectivity index (χ0v) is 12.7. The van der Waals surface area contributed by atoms with Crippen molar-refractivity contribution >= 4 is 22.7 Å². The van der Waals surface area contributed by atoms with Gasteiger partial charge in [0, 0.05) is 41.2 Å². The number of imidazole rings is 1. The van der Waals surface area contributed by atoms with E-state index in [0.717, 1.165) is 6.42 Å². The van der Waals surface area contributed by atoms with E-state index in [-0.39, 0.29) is 11.2 Å². The lowest BCUT2D eigenvalue weighted by atomic mass is 10.3. The minimum atomic E-state index is -0.841. The van der Waals surface area contributed by atoms with E-state index in [1.54, 1.807) is 29.5 Å². The molecule has 9 nitrogen and oxygen atoms in total. The minimum Gasteiger partial charge on any atom is -0.354 e. The Morgan fingerprint density at radius 2 is 2.14 bits per heavy atom. The monoisotopic (exact) mass is 310 g/mol. The van der Waals surface area contributed by atoms with Crippen molar-refractivity contribution in [3.63, 3.8) is 0 Å². The molecule has 0 aliphatic heterocycles. The molecule has 2 atom stereocenters. The topological polar surface area (TPSA) is 124 Å². The van der Waals surface area contributed by atoms with Gasteiger partial charge in [0.1, 0.15) is 6.33 Å². The number of nitrogens with zero attached hydrogens (tertiary/aromatic N) is 5. The molecule has 2 aromatic rings. The predicted octanol–water partition coefficient (Wildman–Crippen LogP) is -0.0881. The molecule has 0 fully saturated rings. The number of hydrazine groups is 1. The van der Waals surface area contributed by atoms with Gasteiger partial charge >= 0.3 is 0 Å². The summed E-state index contributed by atoms with van der Waals surface area (Å²) in [6, 6.07) is 0. The van der Waals surface area contributed by atoms with E-state index in [0.29, 0.717) is 18.4 Å². The summed E-state index contributed by atoms with van der Waals surface area (Å²) < 4.78 is 13.0. The second kappa shape index (κ2) is 7.09. The van der Waals surface area contributed by atoms with Crippen LogP contribution in [0.5, 0.6) is 0 Å². The van der Waals surface area contributed by atoms with E-state index in [1.165, 1.54) is 0 Å². The van der Waals surface area contributed by atoms with Crippen LogP contribution in [0.4, 0.5) is 11.9 Å². The maximum absolute atomic E-state index is 11.3. The highest BCUT2D eigenvalue weighted by Crippen LogP contribution is 2.09. The first-order valence-corrected chi connectivity index (χ1v) is 7.99. The maximum Gasteiger partial charge on any atom is 0.243 e. The fourth-order valence-electron chi connectivity index (χ4n) is 1.55. The summed E-state index contributed by atoms with van der Waals surface area (Å²) >= 11 is 0. The second-order valence-corrected chi connectivity index (χ2v) is 6.22. The number of aromatic nitrogens is 5. The Hall–Kier alpha value is -2.07. The Kier molecular flexibility index (Phi) is 5.17. The summed E-state index contributed by atoms with van der Waals surface area (Å²) in [7, 11) is -0.841. The number of hydrogen-bond acceptors (Lipinski definition) is 8. The van der Waals surface area contributed by atoms with E-state index in [2.05, 4.69) is 30.7 Å². The van der Waals surface area contributed by atoms with Gasteiger partial charge in [-0.15, -0.1) is 0 Å². The van der Waals surface area contributed by atoms with Crippen LogP contribution < -0.4 is 16.6 Å². The van der Waals surface area contributed by atoms with Gasteiger partial charge in [0.15, 0.2) is 0 Å². The summed E-state index contributed by atoms with van der Waals surface area (Å²) in [6.45, 7) is 2.55. The van der Waals surface area contributed by atoms with Gasteiger partial charge in [-0.25, -0.2) is 10.8 Å². The molecule has 0 aromatic carbocycles. The molecule has 0 amide bonds. The van der Waals surface area contributed by atoms with Gasteiger partial charge in [-0.3, -0.25) is 14.2 Å². The predicted molar refractivity (Wildman–Crippen MR) is 81.4 cm³/mol. The number of nitrogens with two attached hydrogens (primary N) is 1. The van der Waals surface area contributed by atoms with Crippen molar-refractivity contribution in [3.05, 3.63) is 18.7 Å². The molecular formula is C11H18N8OS. The lowest BCUT2D eigenvalue weighted by Crippen LogP contribution is -2.18. The third kappa shape index (κ3) is 4.20. The van der Waals surface area contributed by atoms with Crippen molar-refractivity contribution in [1.29, 1.82) is 0 Å². The smallest absolute Gasteiger partial charge is 0.243 e. The number of anilines is 2. The fourth-order valence-corrected chi connectivity index (χ4v) is 2.00. The van der Waals surface area contributed by atoms with Crippen LogP contribution in [0.25, 0.3) is 5.95 Å². The average Bonchev–Trinajstić information content (AvgIpc) is 3.01. The molecule has 2 aromatic heterocycles. The molecule has 2 rings (SSSR count). The molecule has 2 heterocycles. The highest BCUT2D eigenvalue weighted by molar-refractivity contribution is 7.84. The van der Waals surface area contributed by atoms with Crippen molar-refractivity contribution in [2.45, 2.75) is 18.6 Å². The van der Waals surface area contributed by atoms with Crippen LogP contribution in [0, 0.1) is 0 Å². The Balaban J connectivity index is 2.09. The molecule has 0 saturated carbocycles. The van der Waals surface area contributed by atoms with E-state index < -0.39 is 10.8 Å². The second-order valence-electron chi connectivity index (χ2n) is 4.42. The van der Waals surface area contributed by atoms with Gasteiger partial charge in [0.2, 0.25) is 17.8 Å². The largest absolute Gasteiger partial charge is 0.354 e. The number of hydrogen-bond donors (Lipinski definition) is 3. The summed E-state index contributed by atoms with van der Waals surface area (Å²) in [5.41, 5.74) is 2.40. The lowest BCUT2D eigenvalue weighted by molar-refractivity contribution is 0.672. The first-order valence-electron chi connectivity index (χ1n) is 6.37. The number of nitrogens with one attached hydrogen (secondary N) is 2. The van der Waals surface area contributed by atoms with E-state index >= 15 is 0 Å². The summed E-state index contributed by atoms with van der Waals surface area (Å²) in [4.78, 5) is 16.5. The molecule has 0 bridgehead atoms. The van der Waals surface area contributed by atoms with Crippen molar-refractivity contribution in [1.82, 2.24) is 24.5 Å². The van der Waals surface area contributed by atoms with Crippen LogP contribution in [-0.2, 0) is 10.8 Å². The van der Waals surface area contributed by atoms with Crippen LogP contribution in [-0.4, -0.2) is 46.8 Å². The van der Waals surface area contributed by atoms with Gasteiger partial charge in [-0.05, 0) is 6.42 Å². The van der Waals surface area contributed by atoms with Crippen molar-refractivity contribution < 1.29 is 4.21 Å². The summed E-state index contributed by atoms with van der Waals surface area (Å²) in [5, 5.41) is 3.19. The molecule has 21 heavy (non-hydrogen) atoms. The Morgan fingerprint density at radius 3 is 2.76 bits per heavy atom. The molecular weight excluding hydrogens is 292 g/mol. The molecule has 0 saturated heterocycles. The van der Waals surface area contributed by atoms with Crippen LogP contribution in [0.3, 0.4) is 0 Å². The first kappa shape index (κ1) is 15.3. The first-order chi connectivity index (χ1) is 10.1. The molecule has 0 aliphatic rings. The van der Waals surface area contributed by atoms with E-state index in [1.807, 2.05) is 6.92 Å². The van der Waals surface area contributed by atoms with E-state index in [9.17, 15) is 4.21 Å². The lowest BCUT2D eigenvalue weighted by Gasteiger charge is -2.10. The minimum absolute atomic E-state index is 0.111. The molecule has 0 spiro atoms. The Morgan fingerprint density at radius 1 is 1.38 bits per heavy atom. The Labute approximate surface area is 124 Å². The third-order valence-corrected chi connectivity index (χ3v) is 4.26. The highest BCUT2D eigenvalue weighted by Gasteiger charge is 2.09. The van der Waals surface area contributed by atoms with Crippen LogP contribution in [0.15, 0.2) is 18.7 Å². The van der Waals surface area contributed by atoms with Crippen molar-refractivity contribution in [3.8, 4) is 5.95 Å². The summed E-state index contributed by atoms with van der Waals surface area (Å²) in [6.07, 6.45) is 7.38. The SMILES string of the molecule is CC(CCNc1nc(NN)nc(-n2ccnc2)n1)S(C)=O. The fraction of sp³-hybridized carbons (Fsp3) is 0.455. The molecule has 10 heteroatoms. The number of nitrogen functional groups attached to an aromatic ring is 1. The zero-order chi connectivity index (χ0) is 15.2. The van der Waals surface area contributed by atoms with Gasteiger partial charge < -0.3 is 5.32 Å². The van der Waals surface area contributed by atoms with Crippen molar-refractivity contribution in [2.24, 2.45) is 5.84 Å². The van der Waals surface area contributed by atoms with E-state index in [4.69, 9.17) is 5.84 Å². The molecule has 4 N–H and O–H groups in total. The normalized spacial score (nSPS) is 13.7. The van der Waals surface area contributed by atoms with Crippen LogP contribution >= 0.6 is 0 Å². The van der Waals surface area contributed by atoms with Crippen LogP contribution in [0.1, 0.15) is 13.3 Å². The zero-order valence-electron chi connectivity index (χ0n) is 11.9. The third-order valence-electron chi connectivity index (χ3n) is 2.89. The van der Waals surface area contributed by atoms with Gasteiger partial charge in [0.25, 0.3) is 0 Å².